The van der Waals surface area contributed by atoms with Gasteiger partial charge in [-0.25, -0.2) is 4.79 Å². The van der Waals surface area contributed by atoms with Crippen LogP contribution in [0.5, 0.6) is 0 Å². The zero-order valence-corrected chi connectivity index (χ0v) is 14.5. The predicted octanol–water partition coefficient (Wildman–Crippen LogP) is 2.55. The molecule has 0 spiro atoms. The molecule has 2 heterocycles. The van der Waals surface area contributed by atoms with E-state index < -0.39 is 11.9 Å². The van der Waals surface area contributed by atoms with E-state index in [9.17, 15) is 9.59 Å². The molecule has 9 nitrogen and oxygen atoms in total. The molecule has 0 aliphatic rings. The Balaban J connectivity index is 1.70. The summed E-state index contributed by atoms with van der Waals surface area (Å²) in [5.41, 5.74) is 1.21. The fraction of sp³-hybridized carbons (Fsp3) is 0.235. The summed E-state index contributed by atoms with van der Waals surface area (Å²) in [6.45, 7) is 4.00. The van der Waals surface area contributed by atoms with E-state index in [0.717, 1.165) is 0 Å². The molecule has 0 atom stereocenters. The number of hydrogen-bond donors (Lipinski definition) is 1. The number of ether oxygens (including phenoxy) is 1. The summed E-state index contributed by atoms with van der Waals surface area (Å²) in [6.07, 6.45) is 1.81. The van der Waals surface area contributed by atoms with E-state index in [2.05, 4.69) is 25.3 Å². The molecule has 1 aromatic carbocycles. The number of rotatable bonds is 5. The first kappa shape index (κ1) is 17.3. The second-order valence-electron chi connectivity index (χ2n) is 5.71. The van der Waals surface area contributed by atoms with Crippen LogP contribution in [0.2, 0.25) is 0 Å². The summed E-state index contributed by atoms with van der Waals surface area (Å²) in [6, 6.07) is 7.92. The standard InChI is InChI=1S/C17H17N5O4/c1-10(2)22-9-8-13(21-22)15-19-20-17(26-15)18-14(23)11-4-6-12(7-5-11)16(24)25-3/h4-10H,1-3H3,(H,18,20,23). The molecule has 0 aliphatic heterocycles. The van der Waals surface area contributed by atoms with Crippen molar-refractivity contribution in [2.45, 2.75) is 19.9 Å². The van der Waals surface area contributed by atoms with Crippen molar-refractivity contribution in [1.82, 2.24) is 20.0 Å². The minimum Gasteiger partial charge on any atom is -0.465 e. The highest BCUT2D eigenvalue weighted by Crippen LogP contribution is 2.19. The van der Waals surface area contributed by atoms with Crippen LogP contribution in [0.1, 0.15) is 40.6 Å². The molecule has 9 heteroatoms. The number of nitrogens with one attached hydrogen (secondary N) is 1. The first-order chi connectivity index (χ1) is 12.5. The Hall–Kier alpha value is -3.49. The van der Waals surface area contributed by atoms with Crippen LogP contribution >= 0.6 is 0 Å². The molecule has 0 saturated heterocycles. The van der Waals surface area contributed by atoms with Crippen molar-refractivity contribution in [3.05, 3.63) is 47.7 Å². The molecule has 3 aromatic rings. The lowest BCUT2D eigenvalue weighted by Crippen LogP contribution is -2.12. The highest BCUT2D eigenvalue weighted by atomic mass is 16.5. The molecular formula is C17H17N5O4. The van der Waals surface area contributed by atoms with Crippen LogP contribution in [0.15, 0.2) is 40.9 Å². The van der Waals surface area contributed by atoms with Gasteiger partial charge in [-0.15, -0.1) is 5.10 Å². The van der Waals surface area contributed by atoms with Gasteiger partial charge in [0.2, 0.25) is 0 Å². The number of nitrogens with zero attached hydrogens (tertiary/aromatic N) is 4. The van der Waals surface area contributed by atoms with Crippen LogP contribution in [-0.2, 0) is 4.74 Å². The Kier molecular flexibility index (Phi) is 4.78. The van der Waals surface area contributed by atoms with Crippen molar-refractivity contribution < 1.29 is 18.7 Å². The van der Waals surface area contributed by atoms with Gasteiger partial charge in [0, 0.05) is 17.8 Å². The number of amides is 1. The molecule has 2 aromatic heterocycles. The van der Waals surface area contributed by atoms with Crippen LogP contribution in [0.3, 0.4) is 0 Å². The number of aromatic nitrogens is 4. The summed E-state index contributed by atoms with van der Waals surface area (Å²) in [4.78, 5) is 23.6. The van der Waals surface area contributed by atoms with Crippen LogP contribution in [0.25, 0.3) is 11.6 Å². The molecule has 1 amide bonds. The van der Waals surface area contributed by atoms with Gasteiger partial charge in [-0.1, -0.05) is 5.10 Å². The minimum absolute atomic E-state index is 0.0406. The summed E-state index contributed by atoms with van der Waals surface area (Å²) < 4.78 is 11.8. The number of esters is 1. The maximum absolute atomic E-state index is 12.2. The van der Waals surface area contributed by atoms with Crippen LogP contribution < -0.4 is 5.32 Å². The van der Waals surface area contributed by atoms with Crippen molar-refractivity contribution >= 4 is 17.9 Å². The maximum Gasteiger partial charge on any atom is 0.337 e. The second kappa shape index (κ2) is 7.18. The van der Waals surface area contributed by atoms with Gasteiger partial charge in [0.05, 0.1) is 12.7 Å². The average molecular weight is 355 g/mol. The molecule has 3 rings (SSSR count). The zero-order chi connectivity index (χ0) is 18.7. The van der Waals surface area contributed by atoms with E-state index >= 15 is 0 Å². The van der Waals surface area contributed by atoms with E-state index in [4.69, 9.17) is 4.42 Å². The summed E-state index contributed by atoms with van der Waals surface area (Å²) >= 11 is 0. The van der Waals surface area contributed by atoms with Crippen LogP contribution in [0.4, 0.5) is 6.01 Å². The fourth-order valence-corrected chi connectivity index (χ4v) is 2.16. The maximum atomic E-state index is 12.2. The number of carbonyl (C=O) groups excluding carboxylic acids is 2. The third-order valence-corrected chi connectivity index (χ3v) is 3.57. The predicted molar refractivity (Wildman–Crippen MR) is 91.6 cm³/mol. The highest BCUT2D eigenvalue weighted by molar-refractivity contribution is 6.03. The Morgan fingerprint density at radius 3 is 2.42 bits per heavy atom. The average Bonchev–Trinajstić information content (AvgIpc) is 3.30. The zero-order valence-electron chi connectivity index (χ0n) is 14.5. The summed E-state index contributed by atoms with van der Waals surface area (Å²) in [7, 11) is 1.29. The smallest absolute Gasteiger partial charge is 0.337 e. The number of benzene rings is 1. The highest BCUT2D eigenvalue weighted by Gasteiger charge is 2.15. The van der Waals surface area contributed by atoms with Gasteiger partial charge in [0.1, 0.15) is 5.69 Å². The van der Waals surface area contributed by atoms with Crippen molar-refractivity contribution in [2.24, 2.45) is 0 Å². The minimum atomic E-state index is -0.473. The van der Waals surface area contributed by atoms with Gasteiger partial charge >= 0.3 is 12.0 Å². The molecule has 0 bridgehead atoms. The molecule has 0 radical (unpaired) electrons. The molecule has 0 unspecified atom stereocenters. The van der Waals surface area contributed by atoms with E-state index in [1.807, 2.05) is 20.0 Å². The normalized spacial score (nSPS) is 10.8. The molecule has 0 fully saturated rings. The van der Waals surface area contributed by atoms with Crippen LogP contribution in [-0.4, -0.2) is 39.0 Å². The van der Waals surface area contributed by atoms with E-state index in [-0.39, 0.29) is 17.9 Å². The molecule has 26 heavy (non-hydrogen) atoms. The van der Waals surface area contributed by atoms with E-state index in [1.165, 1.54) is 31.4 Å². The van der Waals surface area contributed by atoms with Crippen molar-refractivity contribution in [3.8, 4) is 11.6 Å². The van der Waals surface area contributed by atoms with E-state index in [0.29, 0.717) is 16.8 Å². The number of methoxy groups -OCH3 is 1. The third kappa shape index (κ3) is 3.61. The fourth-order valence-electron chi connectivity index (χ4n) is 2.16. The first-order valence-corrected chi connectivity index (χ1v) is 7.86. The Morgan fingerprint density at radius 2 is 1.81 bits per heavy atom. The topological polar surface area (TPSA) is 112 Å². The molecular weight excluding hydrogens is 338 g/mol. The second-order valence-corrected chi connectivity index (χ2v) is 5.71. The lowest BCUT2D eigenvalue weighted by atomic mass is 10.1. The van der Waals surface area contributed by atoms with Gasteiger partial charge in [0.25, 0.3) is 11.8 Å². The quantitative estimate of drug-likeness (QED) is 0.700. The Labute approximate surface area is 149 Å². The lowest BCUT2D eigenvalue weighted by molar-refractivity contribution is 0.0600. The molecule has 0 aliphatic carbocycles. The largest absolute Gasteiger partial charge is 0.465 e. The van der Waals surface area contributed by atoms with Crippen molar-refractivity contribution in [2.75, 3.05) is 12.4 Å². The van der Waals surface area contributed by atoms with Gasteiger partial charge < -0.3 is 9.15 Å². The number of carbonyl (C=O) groups is 2. The summed E-state index contributed by atoms with van der Waals surface area (Å²) in [5.74, 6) is -0.704. The number of hydrogen-bond acceptors (Lipinski definition) is 7. The first-order valence-electron chi connectivity index (χ1n) is 7.86. The third-order valence-electron chi connectivity index (χ3n) is 3.57. The SMILES string of the molecule is COC(=O)c1ccc(C(=O)Nc2nnc(-c3ccn(C(C)C)n3)o2)cc1. The van der Waals surface area contributed by atoms with Gasteiger partial charge in [-0.2, -0.15) is 5.10 Å². The lowest BCUT2D eigenvalue weighted by Gasteiger charge is -2.03. The number of anilines is 1. The van der Waals surface area contributed by atoms with Gasteiger partial charge in [0.15, 0.2) is 0 Å². The van der Waals surface area contributed by atoms with Gasteiger partial charge in [-0.3, -0.25) is 14.8 Å². The van der Waals surface area contributed by atoms with E-state index in [1.54, 1.807) is 10.7 Å². The molecule has 134 valence electrons. The molecule has 0 saturated carbocycles. The monoisotopic (exact) mass is 355 g/mol. The van der Waals surface area contributed by atoms with Crippen molar-refractivity contribution in [3.63, 3.8) is 0 Å². The Bertz CT molecular complexity index is 927. The van der Waals surface area contributed by atoms with Crippen LogP contribution in [0, 0.1) is 0 Å². The van der Waals surface area contributed by atoms with Gasteiger partial charge in [-0.05, 0) is 44.2 Å². The summed E-state index contributed by atoms with van der Waals surface area (Å²) in [5, 5.41) is 14.5. The van der Waals surface area contributed by atoms with Crippen molar-refractivity contribution in [1.29, 1.82) is 0 Å². The molecule has 1 N–H and O–H groups in total. The Morgan fingerprint density at radius 1 is 1.12 bits per heavy atom.